The molecule has 0 saturated carbocycles. The number of hydrogen-bond donors (Lipinski definition) is 1. The lowest BCUT2D eigenvalue weighted by molar-refractivity contribution is -0.165. The number of carbonyl (C=O) groups is 1. The standard InChI is InChI=1S/C19H15F2NO4/c20-19(21,18(23)24)11-16-10-17(22-26-16)14-6-8-15(9-7-14)25-12-13-4-2-1-3-5-13/h1-10H,11-12H2,(H,23,24). The predicted octanol–water partition coefficient (Wildman–Crippen LogP) is 4.18. The number of rotatable bonds is 7. The molecular formula is C19H15F2NO4. The zero-order valence-electron chi connectivity index (χ0n) is 13.6. The summed E-state index contributed by atoms with van der Waals surface area (Å²) in [5.74, 6) is -5.64. The summed E-state index contributed by atoms with van der Waals surface area (Å²) in [5.41, 5.74) is 2.03. The van der Waals surface area contributed by atoms with Crippen LogP contribution in [0.2, 0.25) is 0 Å². The second-order valence-corrected chi connectivity index (χ2v) is 5.66. The van der Waals surface area contributed by atoms with Gasteiger partial charge in [-0.15, -0.1) is 0 Å². The van der Waals surface area contributed by atoms with Crippen molar-refractivity contribution >= 4 is 5.97 Å². The van der Waals surface area contributed by atoms with E-state index in [0.29, 0.717) is 23.6 Å². The summed E-state index contributed by atoms with van der Waals surface area (Å²) in [7, 11) is 0. The van der Waals surface area contributed by atoms with Crippen LogP contribution in [0, 0.1) is 0 Å². The van der Waals surface area contributed by atoms with Crippen LogP contribution in [-0.2, 0) is 17.8 Å². The minimum atomic E-state index is -3.90. The number of nitrogens with zero attached hydrogens (tertiary/aromatic N) is 1. The number of carboxylic acid groups (broad SMARTS) is 1. The Balaban J connectivity index is 1.64. The number of benzene rings is 2. The van der Waals surface area contributed by atoms with Crippen molar-refractivity contribution in [1.29, 1.82) is 0 Å². The lowest BCUT2D eigenvalue weighted by Crippen LogP contribution is -2.30. The zero-order valence-corrected chi connectivity index (χ0v) is 13.6. The lowest BCUT2D eigenvalue weighted by atomic mass is 10.1. The van der Waals surface area contributed by atoms with Crippen LogP contribution < -0.4 is 4.74 Å². The van der Waals surface area contributed by atoms with Crippen LogP contribution in [0.5, 0.6) is 5.75 Å². The maximum atomic E-state index is 13.2. The normalized spacial score (nSPS) is 11.3. The van der Waals surface area contributed by atoms with Crippen molar-refractivity contribution in [2.75, 3.05) is 0 Å². The summed E-state index contributed by atoms with van der Waals surface area (Å²) in [6.45, 7) is 0.429. The number of ether oxygens (including phenoxy) is 1. The van der Waals surface area contributed by atoms with E-state index in [1.54, 1.807) is 24.3 Å². The Morgan fingerprint density at radius 2 is 1.81 bits per heavy atom. The Kier molecular flexibility index (Phi) is 4.97. The van der Waals surface area contributed by atoms with Gasteiger partial charge in [0.25, 0.3) is 0 Å². The van der Waals surface area contributed by atoms with Gasteiger partial charge in [0.2, 0.25) is 0 Å². The van der Waals surface area contributed by atoms with Crippen molar-refractivity contribution in [2.45, 2.75) is 19.0 Å². The van der Waals surface area contributed by atoms with Crippen molar-refractivity contribution in [3.8, 4) is 17.0 Å². The molecule has 5 nitrogen and oxygen atoms in total. The van der Waals surface area contributed by atoms with Gasteiger partial charge >= 0.3 is 11.9 Å². The third-order valence-electron chi connectivity index (χ3n) is 3.67. The van der Waals surface area contributed by atoms with Gasteiger partial charge in [-0.05, 0) is 29.8 Å². The number of aliphatic carboxylic acids is 1. The summed E-state index contributed by atoms with van der Waals surface area (Å²) in [5, 5.41) is 12.2. The van der Waals surface area contributed by atoms with Crippen LogP contribution in [0.4, 0.5) is 8.78 Å². The molecule has 0 aliphatic heterocycles. The van der Waals surface area contributed by atoms with Crippen LogP contribution in [0.3, 0.4) is 0 Å². The van der Waals surface area contributed by atoms with Crippen molar-refractivity contribution in [2.24, 2.45) is 0 Å². The van der Waals surface area contributed by atoms with Gasteiger partial charge in [-0.2, -0.15) is 8.78 Å². The summed E-state index contributed by atoms with van der Waals surface area (Å²) in [4.78, 5) is 10.5. The maximum Gasteiger partial charge on any atom is 0.375 e. The van der Waals surface area contributed by atoms with Crippen LogP contribution in [-0.4, -0.2) is 22.2 Å². The Bertz CT molecular complexity index is 876. The van der Waals surface area contributed by atoms with Crippen molar-refractivity contribution in [3.63, 3.8) is 0 Å². The van der Waals surface area contributed by atoms with Crippen LogP contribution in [0.15, 0.2) is 65.2 Å². The molecule has 134 valence electrons. The minimum absolute atomic E-state index is 0.197. The number of halogens is 2. The molecule has 3 rings (SSSR count). The Morgan fingerprint density at radius 3 is 2.46 bits per heavy atom. The Hall–Kier alpha value is -3.22. The van der Waals surface area contributed by atoms with E-state index in [0.717, 1.165) is 5.56 Å². The first-order valence-corrected chi connectivity index (χ1v) is 7.78. The van der Waals surface area contributed by atoms with Gasteiger partial charge in [-0.25, -0.2) is 4.79 Å². The summed E-state index contributed by atoms with van der Waals surface area (Å²) >= 11 is 0. The lowest BCUT2D eigenvalue weighted by Gasteiger charge is -2.07. The van der Waals surface area contributed by atoms with Gasteiger partial charge in [0.1, 0.15) is 23.8 Å². The highest BCUT2D eigenvalue weighted by Crippen LogP contribution is 2.26. The maximum absolute atomic E-state index is 13.2. The third-order valence-corrected chi connectivity index (χ3v) is 3.67. The van der Waals surface area contributed by atoms with Gasteiger partial charge in [-0.3, -0.25) is 0 Å². The van der Waals surface area contributed by atoms with Crippen molar-refractivity contribution < 1.29 is 27.9 Å². The SMILES string of the molecule is O=C(O)C(F)(F)Cc1cc(-c2ccc(OCc3ccccc3)cc2)no1. The summed E-state index contributed by atoms with van der Waals surface area (Å²) in [6.07, 6.45) is -1.05. The molecule has 0 aliphatic rings. The topological polar surface area (TPSA) is 72.6 Å². The van der Waals surface area contributed by atoms with E-state index < -0.39 is 18.3 Å². The van der Waals surface area contributed by atoms with Gasteiger partial charge < -0.3 is 14.4 Å². The molecule has 0 atom stereocenters. The van der Waals surface area contributed by atoms with E-state index in [1.807, 2.05) is 30.3 Å². The van der Waals surface area contributed by atoms with E-state index >= 15 is 0 Å². The molecular weight excluding hydrogens is 344 g/mol. The van der Waals surface area contributed by atoms with Gasteiger partial charge in [0, 0.05) is 11.6 Å². The van der Waals surface area contributed by atoms with Gasteiger partial charge in [-0.1, -0.05) is 35.5 Å². The van der Waals surface area contributed by atoms with Crippen molar-refractivity contribution in [3.05, 3.63) is 72.0 Å². The van der Waals surface area contributed by atoms with Gasteiger partial charge in [0.05, 0.1) is 6.42 Å². The highest BCUT2D eigenvalue weighted by molar-refractivity contribution is 5.75. The van der Waals surface area contributed by atoms with Crippen LogP contribution >= 0.6 is 0 Å². The molecule has 0 fully saturated rings. The minimum Gasteiger partial charge on any atom is -0.489 e. The second kappa shape index (κ2) is 7.35. The van der Waals surface area contributed by atoms with E-state index in [4.69, 9.17) is 14.4 Å². The fraction of sp³-hybridized carbons (Fsp3) is 0.158. The Morgan fingerprint density at radius 1 is 1.12 bits per heavy atom. The molecule has 7 heteroatoms. The molecule has 0 unspecified atom stereocenters. The molecule has 1 aromatic heterocycles. The number of carboxylic acids is 1. The first kappa shape index (κ1) is 17.6. The number of aromatic nitrogens is 1. The molecule has 0 spiro atoms. The van der Waals surface area contributed by atoms with E-state index in [-0.39, 0.29) is 5.76 Å². The first-order chi connectivity index (χ1) is 12.4. The molecule has 26 heavy (non-hydrogen) atoms. The second-order valence-electron chi connectivity index (χ2n) is 5.66. The largest absolute Gasteiger partial charge is 0.489 e. The molecule has 1 heterocycles. The van der Waals surface area contributed by atoms with Crippen molar-refractivity contribution in [1.82, 2.24) is 5.16 Å². The zero-order chi connectivity index (χ0) is 18.6. The van der Waals surface area contributed by atoms with E-state index in [1.165, 1.54) is 6.07 Å². The van der Waals surface area contributed by atoms with Crippen LogP contribution in [0.25, 0.3) is 11.3 Å². The number of hydrogen-bond acceptors (Lipinski definition) is 4. The Labute approximate surface area is 147 Å². The first-order valence-electron chi connectivity index (χ1n) is 7.78. The highest BCUT2D eigenvalue weighted by Gasteiger charge is 2.40. The van der Waals surface area contributed by atoms with E-state index in [2.05, 4.69) is 5.16 Å². The molecule has 0 aliphatic carbocycles. The quantitative estimate of drug-likeness (QED) is 0.685. The molecule has 2 aromatic carbocycles. The fourth-order valence-corrected chi connectivity index (χ4v) is 2.29. The average molecular weight is 359 g/mol. The molecule has 0 saturated heterocycles. The monoisotopic (exact) mass is 359 g/mol. The van der Waals surface area contributed by atoms with Crippen LogP contribution in [0.1, 0.15) is 11.3 Å². The number of alkyl halides is 2. The highest BCUT2D eigenvalue weighted by atomic mass is 19.3. The molecule has 1 N–H and O–H groups in total. The molecule has 0 bridgehead atoms. The van der Waals surface area contributed by atoms with E-state index in [9.17, 15) is 13.6 Å². The van der Waals surface area contributed by atoms with Gasteiger partial charge in [0.15, 0.2) is 0 Å². The smallest absolute Gasteiger partial charge is 0.375 e. The molecule has 0 amide bonds. The molecule has 3 aromatic rings. The summed E-state index contributed by atoms with van der Waals surface area (Å²) in [6, 6.07) is 17.9. The third kappa shape index (κ3) is 4.24. The fourth-order valence-electron chi connectivity index (χ4n) is 2.29. The average Bonchev–Trinajstić information content (AvgIpc) is 3.09. The predicted molar refractivity (Wildman–Crippen MR) is 89.0 cm³/mol. The summed E-state index contributed by atoms with van der Waals surface area (Å²) < 4.78 is 36.9. The molecule has 0 radical (unpaired) electrons.